The van der Waals surface area contributed by atoms with Crippen LogP contribution in [0.4, 0.5) is 103 Å². The van der Waals surface area contributed by atoms with E-state index >= 15 is 35.1 Å². The number of halogens is 8. The molecule has 0 saturated heterocycles. The maximum atomic E-state index is 17.3. The van der Waals surface area contributed by atoms with Crippen LogP contribution in [-0.2, 0) is 10.8 Å². The molecule has 0 N–H and O–H groups in total. The van der Waals surface area contributed by atoms with Gasteiger partial charge < -0.3 is 19.6 Å². The minimum Gasteiger partial charge on any atom is -0.305 e. The average Bonchev–Trinajstić information content (AvgIpc) is 0.718. The first-order valence-corrected chi connectivity index (χ1v) is 51.6. The van der Waals surface area contributed by atoms with Crippen molar-refractivity contribution < 1.29 is 35.1 Å². The highest BCUT2D eigenvalue weighted by molar-refractivity contribution is 6.89. The van der Waals surface area contributed by atoms with Crippen LogP contribution in [0.1, 0.15) is 52.7 Å². The van der Waals surface area contributed by atoms with Gasteiger partial charge in [-0.25, -0.2) is 35.1 Å². The number of rotatable bonds is 18. The van der Waals surface area contributed by atoms with Gasteiger partial charge in [0.15, 0.2) is 23.3 Å². The predicted octanol–water partition coefficient (Wildman–Crippen LogP) is 34.5. The molecule has 0 fully saturated rings. The molecule has 0 amide bonds. The van der Waals surface area contributed by atoms with Crippen LogP contribution in [0.25, 0.3) is 109 Å². The summed E-state index contributed by atoms with van der Waals surface area (Å²) in [5, 5.41) is 12.5. The molecule has 20 aromatic rings. The lowest BCUT2D eigenvalue weighted by molar-refractivity contribution is 0.586. The van der Waals surface area contributed by atoms with Gasteiger partial charge in [-0.1, -0.05) is 334 Å². The molecule has 4 nitrogen and oxygen atoms in total. The van der Waals surface area contributed by atoms with Gasteiger partial charge in [-0.05, 0) is 209 Å². The van der Waals surface area contributed by atoms with Gasteiger partial charge in [0.2, 0.25) is 0 Å². The molecule has 0 aliphatic rings. The van der Waals surface area contributed by atoms with E-state index < -0.39 is 62.7 Å². The Morgan fingerprint density at radius 3 is 0.598 bits per heavy atom. The molecule has 652 valence electrons. The molecule has 20 rings (SSSR count). The summed E-state index contributed by atoms with van der Waals surface area (Å²) in [6, 6.07) is 111. The number of anilines is 12. The van der Waals surface area contributed by atoms with Gasteiger partial charge in [-0.3, -0.25) is 0 Å². The van der Waals surface area contributed by atoms with Crippen molar-refractivity contribution in [3.63, 3.8) is 0 Å². The Morgan fingerprint density at radius 1 is 0.205 bits per heavy atom. The Balaban J connectivity index is 0.000000170. The van der Waals surface area contributed by atoms with Crippen molar-refractivity contribution in [2.75, 3.05) is 19.6 Å². The molecule has 132 heavy (non-hydrogen) atoms. The van der Waals surface area contributed by atoms with E-state index in [0.29, 0.717) is 67.8 Å². The Kier molecular flexibility index (Phi) is 22.5. The summed E-state index contributed by atoms with van der Waals surface area (Å²) < 4.78 is 136. The van der Waals surface area contributed by atoms with E-state index in [-0.39, 0.29) is 55.8 Å². The molecule has 0 spiro atoms. The van der Waals surface area contributed by atoms with Crippen molar-refractivity contribution >= 4 is 159 Å². The second-order valence-corrected chi connectivity index (χ2v) is 48.4. The lowest BCUT2D eigenvalue weighted by atomic mass is 9.87. The zero-order valence-corrected chi connectivity index (χ0v) is 77.5. The smallest absolute Gasteiger partial charge is 0.158 e. The van der Waals surface area contributed by atoms with Crippen LogP contribution in [0.3, 0.4) is 0 Å². The summed E-state index contributed by atoms with van der Waals surface area (Å²) in [6.07, 6.45) is 0. The maximum absolute atomic E-state index is 17.3. The second kappa shape index (κ2) is 34.1. The van der Waals surface area contributed by atoms with Crippen LogP contribution in [-0.4, -0.2) is 16.1 Å². The van der Waals surface area contributed by atoms with E-state index in [9.17, 15) is 0 Å². The molecular weight excluding hydrogens is 1680 g/mol. The van der Waals surface area contributed by atoms with Crippen LogP contribution in [0.5, 0.6) is 0 Å². The van der Waals surface area contributed by atoms with Crippen LogP contribution >= 0.6 is 0 Å². The third kappa shape index (κ3) is 15.8. The molecule has 0 heterocycles. The van der Waals surface area contributed by atoms with Gasteiger partial charge in [-0.15, -0.1) is 0 Å². The quantitative estimate of drug-likeness (QED) is 0.0482. The standard InChI is InChI=1S/C60H48F4N2.C58H48F4N2Si2/c1-59(2,3)41-21-25-43(26-22-41)65(57-49(61)33-31-45(55(57)63)37-13-9-7-10-14-37)51-35-19-39-18-30-48-52(36-20-40-17-29-47(51)53(39)54(40)48)66(44-27-23-42(24-28-44)60(4,5)6)58-50(62)34-32-46(56(58)64)38-15-11-8-12-16-38;1-65(2,3)43-25-21-41(22-26-43)63(57-49(59)33-31-45(55(57)61)37-13-9-7-10-14-37)51-35-19-39-18-30-48-52(36-20-40-17-29-47(51)53(39)54(40)48)64(42-23-27-44(28-24-42)66(4,5)6)58-50(60)34-32-46(56(58)62)38-15-11-8-12-16-38/h2*7-36H,1-6H3. The molecule has 0 bridgehead atoms. The number of hydrogen-bond acceptors (Lipinski definition) is 4. The Labute approximate surface area is 766 Å². The topological polar surface area (TPSA) is 13.0 Å². The van der Waals surface area contributed by atoms with Crippen LogP contribution in [0, 0.1) is 46.5 Å². The highest BCUT2D eigenvalue weighted by atomic mass is 28.3. The highest BCUT2D eigenvalue weighted by Crippen LogP contribution is 2.54. The van der Waals surface area contributed by atoms with Crippen LogP contribution in [0.2, 0.25) is 39.3 Å². The first-order chi connectivity index (χ1) is 63.4. The summed E-state index contributed by atoms with van der Waals surface area (Å²) in [6.45, 7) is 26.4. The number of hydrogen-bond donors (Lipinski definition) is 0. The third-order valence-electron chi connectivity index (χ3n) is 25.7. The van der Waals surface area contributed by atoms with Crippen molar-refractivity contribution in [1.82, 2.24) is 0 Å². The summed E-state index contributed by atoms with van der Waals surface area (Å²) in [5.74, 6) is -5.57. The van der Waals surface area contributed by atoms with E-state index in [1.807, 2.05) is 291 Å². The van der Waals surface area contributed by atoms with Gasteiger partial charge in [0.05, 0.1) is 38.9 Å². The van der Waals surface area contributed by atoms with Crippen LogP contribution < -0.4 is 30.0 Å². The van der Waals surface area contributed by atoms with Crippen molar-refractivity contribution in [2.24, 2.45) is 0 Å². The molecule has 0 saturated carbocycles. The van der Waals surface area contributed by atoms with Crippen molar-refractivity contribution in [3.05, 3.63) is 422 Å². The Morgan fingerprint density at radius 2 is 0.402 bits per heavy atom. The van der Waals surface area contributed by atoms with Crippen molar-refractivity contribution in [3.8, 4) is 44.5 Å². The van der Waals surface area contributed by atoms with Gasteiger partial charge in [0.25, 0.3) is 0 Å². The normalized spacial score (nSPS) is 12.1. The van der Waals surface area contributed by atoms with E-state index in [4.69, 9.17) is 0 Å². The van der Waals surface area contributed by atoms with Gasteiger partial charge in [0, 0.05) is 66.5 Å². The molecule has 0 aliphatic heterocycles. The fourth-order valence-electron chi connectivity index (χ4n) is 18.7. The summed E-state index contributed by atoms with van der Waals surface area (Å²) in [7, 11) is -3.46. The second-order valence-electron chi connectivity index (χ2n) is 38.2. The lowest BCUT2D eigenvalue weighted by Gasteiger charge is -2.31. The summed E-state index contributed by atoms with van der Waals surface area (Å²) in [4.78, 5) is 6.76. The number of nitrogens with zero attached hydrogens (tertiary/aromatic N) is 4. The number of benzene rings is 20. The largest absolute Gasteiger partial charge is 0.305 e. The molecule has 0 unspecified atom stereocenters. The fourth-order valence-corrected chi connectivity index (χ4v) is 21.0. The predicted molar refractivity (Wildman–Crippen MR) is 544 cm³/mol. The van der Waals surface area contributed by atoms with Crippen molar-refractivity contribution in [1.29, 1.82) is 0 Å². The average molecular weight is 1780 g/mol. The van der Waals surface area contributed by atoms with Crippen LogP contribution in [0.15, 0.2) is 364 Å². The van der Waals surface area contributed by atoms with E-state index in [2.05, 4.69) is 105 Å². The van der Waals surface area contributed by atoms with Gasteiger partial charge >= 0.3 is 0 Å². The molecule has 0 atom stereocenters. The van der Waals surface area contributed by atoms with Crippen molar-refractivity contribution in [2.45, 2.75) is 91.7 Å². The fraction of sp³-hybridized carbons (Fsp3) is 0.119. The molecule has 0 radical (unpaired) electrons. The molecular formula is C118H96F8N4Si2. The zero-order chi connectivity index (χ0) is 92.1. The minimum atomic E-state index is -1.73. The molecule has 0 aromatic heterocycles. The van der Waals surface area contributed by atoms with Gasteiger partial charge in [0.1, 0.15) is 46.0 Å². The highest BCUT2D eigenvalue weighted by Gasteiger charge is 2.34. The van der Waals surface area contributed by atoms with E-state index in [1.54, 1.807) is 19.6 Å². The zero-order valence-electron chi connectivity index (χ0n) is 75.5. The van der Waals surface area contributed by atoms with Gasteiger partial charge in [-0.2, -0.15) is 0 Å². The summed E-state index contributed by atoms with van der Waals surface area (Å²) >= 11 is 0. The molecule has 14 heteroatoms. The Hall–Kier alpha value is -14.4. The van der Waals surface area contributed by atoms with E-state index in [1.165, 1.54) is 58.9 Å². The SMILES string of the molecule is CC(C)(C)c1ccc(N(c2c(F)ccc(-c3ccccc3)c2F)c2ccc3ccc4c(N(c5ccc(C(C)(C)C)cc5)c5c(F)ccc(-c6ccccc6)c5F)ccc5ccc2c3c54)cc1.C[Si](C)(C)c1ccc(N(c2c(F)ccc(-c3ccccc3)c2F)c2ccc3ccc4c(N(c5ccc([Si](C)(C)C)cc5)c5c(F)ccc(-c6ccccc6)c5F)ccc5ccc2c3c54)cc1. The lowest BCUT2D eigenvalue weighted by Crippen LogP contribution is -2.37. The monoisotopic (exact) mass is 1780 g/mol. The third-order valence-corrected chi connectivity index (χ3v) is 29.8. The first kappa shape index (κ1) is 86.9. The van der Waals surface area contributed by atoms with E-state index in [0.717, 1.165) is 75.8 Å². The first-order valence-electron chi connectivity index (χ1n) is 44.6. The molecule has 20 aromatic carbocycles. The molecule has 0 aliphatic carbocycles. The Bertz CT molecular complexity index is 6830. The maximum Gasteiger partial charge on any atom is 0.158 e. The minimum absolute atomic E-state index is 0.158. The summed E-state index contributed by atoms with van der Waals surface area (Å²) in [5.41, 5.74) is 9.35.